The molecule has 0 aliphatic heterocycles. The number of nitriles is 5. The number of aromatic nitrogens is 2. The minimum atomic E-state index is -0.574. The van der Waals surface area contributed by atoms with Crippen molar-refractivity contribution in [1.82, 2.24) is 9.97 Å². The van der Waals surface area contributed by atoms with E-state index in [2.05, 4.69) is 24.5 Å². The van der Waals surface area contributed by atoms with Crippen molar-refractivity contribution in [3.63, 3.8) is 0 Å². The summed E-state index contributed by atoms with van der Waals surface area (Å²) in [6, 6.07) is 14.2. The van der Waals surface area contributed by atoms with Gasteiger partial charge in [0.2, 0.25) is 11.4 Å². The van der Waals surface area contributed by atoms with Crippen molar-refractivity contribution < 1.29 is 9.90 Å². The van der Waals surface area contributed by atoms with Crippen LogP contribution in [0, 0.1) is 76.4 Å². The minimum Gasteiger partial charge on any atom is -0.462 e. The Hall–Kier alpha value is -8.32. The summed E-state index contributed by atoms with van der Waals surface area (Å²) in [4.78, 5) is 19.2. The Morgan fingerprint density at radius 2 is 1.34 bits per heavy atom. The van der Waals surface area contributed by atoms with Crippen LogP contribution in [0.25, 0.3) is 58.6 Å². The second-order valence-corrected chi connectivity index (χ2v) is 9.41. The maximum atomic E-state index is 10.2. The Bertz CT molecular complexity index is 2840. The Balaban J connectivity index is 1.71. The predicted octanol–water partition coefficient (Wildman–Crippen LogP) is 5.92. The summed E-state index contributed by atoms with van der Waals surface area (Å²) in [6.45, 7) is 22.8. The average Bonchev–Trinajstić information content (AvgIpc) is 3.65. The Kier molecular flexibility index (Phi) is 5.86. The molecule has 11 heteroatoms. The van der Waals surface area contributed by atoms with Gasteiger partial charge in [-0.2, -0.15) is 26.3 Å². The van der Waals surface area contributed by atoms with Crippen molar-refractivity contribution in [2.75, 3.05) is 0 Å². The first-order valence-corrected chi connectivity index (χ1v) is 13.0. The number of benzene rings is 3. The topological polar surface area (TPSA) is 171 Å². The number of fused-ring (bicyclic) bond motifs is 6. The number of hydrogen-bond acceptors (Lipinski definition) is 8. The molecule has 210 valence electrons. The van der Waals surface area contributed by atoms with E-state index < -0.39 is 57.8 Å². The monoisotopic (exact) mass is 602 g/mol. The zero-order valence-electron chi connectivity index (χ0n) is 27.3. The van der Waals surface area contributed by atoms with Gasteiger partial charge in [-0.05, 0) is 53.5 Å². The predicted molar refractivity (Wildman–Crippen MR) is 168 cm³/mol. The summed E-state index contributed by atoms with van der Waals surface area (Å²) >= 11 is 0. The van der Waals surface area contributed by atoms with Crippen LogP contribution in [0.3, 0.4) is 0 Å². The highest BCUT2D eigenvalue weighted by Gasteiger charge is 2.18. The van der Waals surface area contributed by atoms with Gasteiger partial charge < -0.3 is 4.42 Å². The highest BCUT2D eigenvalue weighted by atomic mass is 16.3. The van der Waals surface area contributed by atoms with Crippen molar-refractivity contribution in [2.24, 2.45) is 0 Å². The fourth-order valence-corrected chi connectivity index (χ4v) is 5.00. The lowest BCUT2D eigenvalue weighted by Crippen LogP contribution is -2.13. The number of pyridine rings is 2. The van der Waals surface area contributed by atoms with Crippen molar-refractivity contribution in [1.29, 1.82) is 26.3 Å². The zero-order valence-corrected chi connectivity index (χ0v) is 23.3. The van der Waals surface area contributed by atoms with Crippen molar-refractivity contribution >= 4 is 55.4 Å². The minimum absolute atomic E-state index is 0.00537. The van der Waals surface area contributed by atoms with Gasteiger partial charge in [-0.3, -0.25) is 9.83 Å². The summed E-state index contributed by atoms with van der Waals surface area (Å²) in [5, 5.41) is 50.2. The molecule has 0 radical (unpaired) electrons. The summed E-state index contributed by atoms with van der Waals surface area (Å²) in [6.07, 6.45) is 1.36. The summed E-state index contributed by atoms with van der Waals surface area (Å²) in [5.74, 6) is 0. The highest BCUT2D eigenvalue weighted by molar-refractivity contribution is 6.21. The summed E-state index contributed by atoms with van der Waals surface area (Å²) < 4.78 is 40.1. The van der Waals surface area contributed by atoms with Crippen molar-refractivity contribution in [3.05, 3.63) is 139 Å². The van der Waals surface area contributed by atoms with Gasteiger partial charge in [0.15, 0.2) is 11.3 Å². The molecule has 0 aliphatic rings. The molecule has 0 saturated carbocycles. The molecule has 0 spiro atoms. The van der Waals surface area contributed by atoms with E-state index in [1.807, 2.05) is 6.07 Å². The van der Waals surface area contributed by atoms with Crippen LogP contribution in [-0.4, -0.2) is 9.97 Å². The quantitative estimate of drug-likeness (QED) is 0.174. The lowest BCUT2D eigenvalue weighted by molar-refractivity contribution is 0.618. The van der Waals surface area contributed by atoms with Crippen LogP contribution in [-0.2, 0) is 0 Å². The molecule has 6 rings (SSSR count). The molecule has 6 aromatic rings. The molecule has 3 heterocycles. The Morgan fingerprint density at radius 3 is 1.94 bits per heavy atom. The third-order valence-corrected chi connectivity index (χ3v) is 7.05. The third-order valence-electron chi connectivity index (χ3n) is 7.05. The van der Waals surface area contributed by atoms with Gasteiger partial charge >= 0.3 is 0 Å². The number of nitrogens with zero attached hydrogens (tertiary/aromatic N) is 10. The van der Waals surface area contributed by atoms with E-state index in [9.17, 15) is 26.3 Å². The van der Waals surface area contributed by atoms with Crippen LogP contribution in [0.4, 0.5) is 11.4 Å². The molecule has 3 aromatic carbocycles. The van der Waals surface area contributed by atoms with E-state index in [0.717, 1.165) is 0 Å². The molecule has 47 heavy (non-hydrogen) atoms. The lowest BCUT2D eigenvalue weighted by Gasteiger charge is -2.08. The van der Waals surface area contributed by atoms with E-state index in [4.69, 9.17) is 29.6 Å². The second kappa shape index (κ2) is 11.4. The van der Waals surface area contributed by atoms with Gasteiger partial charge in [-0.1, -0.05) is 12.1 Å². The van der Waals surface area contributed by atoms with E-state index in [0.29, 0.717) is 21.7 Å². The van der Waals surface area contributed by atoms with Gasteiger partial charge in [0.05, 0.1) is 74.6 Å². The van der Waals surface area contributed by atoms with Crippen LogP contribution in [0.5, 0.6) is 0 Å². The molecule has 0 fully saturated rings. The summed E-state index contributed by atoms with van der Waals surface area (Å²) in [7, 11) is 0. The first-order valence-electron chi connectivity index (χ1n) is 15.0. The molecule has 3 aromatic heterocycles. The van der Waals surface area contributed by atoms with Crippen LogP contribution >= 0.6 is 0 Å². The van der Waals surface area contributed by atoms with Crippen LogP contribution in [0.2, 0.25) is 0 Å². The molecule has 0 aliphatic carbocycles. The maximum Gasteiger partial charge on any atom is 0.219 e. The molecule has 0 atom stereocenters. The van der Waals surface area contributed by atoms with Gasteiger partial charge in [0.25, 0.3) is 0 Å². The molecule has 0 saturated heterocycles. The van der Waals surface area contributed by atoms with Crippen molar-refractivity contribution in [2.45, 2.75) is 0 Å². The van der Waals surface area contributed by atoms with Gasteiger partial charge in [0, 0.05) is 23.1 Å². The lowest BCUT2D eigenvalue weighted by atomic mass is 9.98. The zero-order chi connectivity index (χ0) is 36.7. The van der Waals surface area contributed by atoms with Gasteiger partial charge in [-0.15, -0.1) is 0 Å². The maximum absolute atomic E-state index is 10.2. The molecule has 0 unspecified atom stereocenters. The number of rotatable bonds is 2. The van der Waals surface area contributed by atoms with Gasteiger partial charge in [-0.25, -0.2) is 14.7 Å². The molecule has 11 nitrogen and oxygen atoms in total. The fourth-order valence-electron chi connectivity index (χ4n) is 5.00. The van der Waals surface area contributed by atoms with E-state index >= 15 is 0 Å². The Morgan fingerprint density at radius 1 is 0.702 bits per heavy atom. The highest BCUT2D eigenvalue weighted by Crippen LogP contribution is 2.36. The Labute approximate surface area is 270 Å². The van der Waals surface area contributed by atoms with E-state index in [1.165, 1.54) is 18.4 Å². The fraction of sp³-hybridized carbons (Fsp3) is 0. The summed E-state index contributed by atoms with van der Waals surface area (Å²) in [5.41, 5.74) is -3.22. The molecule has 0 N–H and O–H groups in total. The van der Waals surface area contributed by atoms with Crippen molar-refractivity contribution in [3.8, 4) is 30.3 Å². The standard InChI is InChI=1S/C36H10N10O/c1-42-31-13-19(10-23(16-39)33(31)44-3)28(18-41)29-6-4-24-25-5-7-30(46-35(25)36-26(8-9-47-36)34(24)45-29)32(43-2)20-11-21(14-37)27(17-40)22(12-20)15-38/h4-13H/b29-28-,32-30-/i10D,11D,12D,13D. The molecular formula is C36H10N10O. The van der Waals surface area contributed by atoms with E-state index in [1.54, 1.807) is 42.5 Å². The van der Waals surface area contributed by atoms with Crippen LogP contribution in [0.1, 0.15) is 38.9 Å². The van der Waals surface area contributed by atoms with Crippen LogP contribution in [0.15, 0.2) is 65.2 Å². The first kappa shape index (κ1) is 24.2. The first-order chi connectivity index (χ1) is 24.6. The third kappa shape index (κ3) is 4.46. The SMILES string of the molecule is [2H]c1c(C#N)c(C#N)c(C#N)c([2H])c1/C([N+]#[C-])=c1\ccc2c3cc/c(=C(\C#N)c4c([2H])c(C#N)c([N+]#[C-])c([N+]#[C-])c4[2H])nc3c3ccoc3c2n1. The largest absolute Gasteiger partial charge is 0.462 e. The molecule has 0 amide bonds. The molecular weight excluding hydrogens is 588 g/mol. The van der Waals surface area contributed by atoms with Crippen LogP contribution < -0.4 is 10.7 Å². The smallest absolute Gasteiger partial charge is 0.219 e. The average molecular weight is 603 g/mol. The van der Waals surface area contributed by atoms with Gasteiger partial charge in [0.1, 0.15) is 29.8 Å². The van der Waals surface area contributed by atoms with E-state index in [-0.39, 0.29) is 44.2 Å². The molecule has 0 bridgehead atoms. The second-order valence-electron chi connectivity index (χ2n) is 9.41. The number of hydrogen-bond donors (Lipinski definition) is 0. The number of furan rings is 1. The normalized spacial score (nSPS) is 12.7.